The Labute approximate surface area is 377 Å². The molecule has 0 unspecified atom stereocenters. The van der Waals surface area contributed by atoms with E-state index in [0.29, 0.717) is 29.2 Å². The van der Waals surface area contributed by atoms with Crippen LogP contribution in [0.5, 0.6) is 11.6 Å². The second-order valence-electron chi connectivity index (χ2n) is 10.8. The Morgan fingerprint density at radius 2 is 1.44 bits per heavy atom. The van der Waals surface area contributed by atoms with E-state index in [4.69, 9.17) is 0 Å². The van der Waals surface area contributed by atoms with E-state index in [0.717, 1.165) is 23.2 Å². The van der Waals surface area contributed by atoms with Gasteiger partial charge < -0.3 is 30.4 Å². The summed E-state index contributed by atoms with van der Waals surface area (Å²) in [6.45, 7) is 3.04. The number of hydrazone groups is 1. The van der Waals surface area contributed by atoms with Crippen LogP contribution in [0.3, 0.4) is 0 Å². The number of hydrogen-bond donors (Lipinski definition) is 0. The van der Waals surface area contributed by atoms with E-state index in [2.05, 4.69) is 30.6 Å². The molecule has 279 valence electrons. The van der Waals surface area contributed by atoms with Crippen molar-refractivity contribution in [1.82, 2.24) is 15.0 Å². The van der Waals surface area contributed by atoms with Gasteiger partial charge in [-0.15, -0.1) is 15.3 Å². The average molecular weight is 852 g/mol. The molecule has 0 saturated heterocycles. The van der Waals surface area contributed by atoms with Crippen molar-refractivity contribution in [2.24, 2.45) is 25.5 Å². The topological polar surface area (TPSA) is 313 Å². The Morgan fingerprint density at radius 3 is 2.00 bits per heavy atom. The van der Waals surface area contributed by atoms with E-state index in [1.165, 1.54) is 11.6 Å². The molecule has 6 rings (SSSR count). The summed E-state index contributed by atoms with van der Waals surface area (Å²) in [7, 11) is -5.29. The number of para-hydroxylation sites is 2. The number of hydroxylamine groups is 2. The van der Waals surface area contributed by atoms with Crippen LogP contribution >= 0.6 is 0 Å². The number of anilines is 1. The number of Topliss-reactive ketones (excluding diaryl/α,β-unsaturated/α-hetero) is 1. The third-order valence-corrected chi connectivity index (χ3v) is 7.99. The Hall–Kier alpha value is -4.74. The Balaban J connectivity index is 0.000000377. The number of amides is 1. The second kappa shape index (κ2) is 20.6. The molecule has 0 N–H and O–H groups in total. The summed E-state index contributed by atoms with van der Waals surface area (Å²) in [6, 6.07) is 20.2. The van der Waals surface area contributed by atoms with Crippen molar-refractivity contribution in [2.75, 3.05) is 5.01 Å². The van der Waals surface area contributed by atoms with Crippen LogP contribution in [0.25, 0.3) is 5.69 Å². The fourth-order valence-electron chi connectivity index (χ4n) is 4.56. The first-order chi connectivity index (χ1) is 25.6. The van der Waals surface area contributed by atoms with Crippen LogP contribution in [0, 0.1) is 27.5 Å². The molecule has 0 bridgehead atoms. The summed E-state index contributed by atoms with van der Waals surface area (Å²) in [5.41, 5.74) is -0.924. The largest absolute Gasteiger partial charge is 3.00 e. The van der Waals surface area contributed by atoms with Crippen molar-refractivity contribution in [2.45, 2.75) is 13.8 Å². The van der Waals surface area contributed by atoms with Crippen molar-refractivity contribution in [3.8, 4) is 17.3 Å². The van der Waals surface area contributed by atoms with Gasteiger partial charge in [0.25, 0.3) is 5.69 Å². The monoisotopic (exact) mass is 851 g/mol. The van der Waals surface area contributed by atoms with Crippen molar-refractivity contribution < 1.29 is 114 Å². The molecule has 1 radical (unpaired) electrons. The molecule has 0 fully saturated rings. The van der Waals surface area contributed by atoms with Crippen LogP contribution in [0.2, 0.25) is 0 Å². The predicted molar refractivity (Wildman–Crippen MR) is 186 cm³/mol. The maximum Gasteiger partial charge on any atom is 3.00 e. The number of carbonyl (C=O) groups excluding carboxylic acids is 2. The van der Waals surface area contributed by atoms with Crippen LogP contribution in [0.15, 0.2) is 127 Å². The third kappa shape index (κ3) is 11.4. The molecular formula is C32H21CrN10Na2O11S. The van der Waals surface area contributed by atoms with E-state index in [1.807, 2.05) is 6.07 Å². The number of ketones is 1. The van der Waals surface area contributed by atoms with Crippen LogP contribution < -0.4 is 74.3 Å². The summed E-state index contributed by atoms with van der Waals surface area (Å²) in [5.74, 6) is -3.07. The number of allylic oxidation sites excluding steroid dienone is 3. The molecule has 0 atom stereocenters. The molecule has 1 aromatic heterocycles. The predicted octanol–water partition coefficient (Wildman–Crippen LogP) is -2.94. The maximum atomic E-state index is 12.5. The van der Waals surface area contributed by atoms with E-state index >= 15 is 0 Å². The van der Waals surface area contributed by atoms with Gasteiger partial charge in [-0.3, -0.25) is 19.7 Å². The van der Waals surface area contributed by atoms with Gasteiger partial charge >= 0.3 is 82.4 Å². The number of azo groups is 1. The number of nitro groups is 1. The number of aromatic nitrogens is 2. The van der Waals surface area contributed by atoms with Gasteiger partial charge in [-0.1, -0.05) is 48.2 Å². The first kappa shape index (κ1) is 48.4. The van der Waals surface area contributed by atoms with Crippen LogP contribution in [-0.2, 0) is 37.1 Å². The smallest absolute Gasteiger partial charge is 0.871 e. The fraction of sp³-hybridized carbons (Fsp3) is 0.0625. The summed E-state index contributed by atoms with van der Waals surface area (Å²) in [6.07, 6.45) is 1.00. The molecule has 4 aromatic rings. The first-order valence-electron chi connectivity index (χ1n) is 14.9. The van der Waals surface area contributed by atoms with Crippen molar-refractivity contribution >= 4 is 61.7 Å². The summed E-state index contributed by atoms with van der Waals surface area (Å²) in [5, 5.41) is 79.6. The normalized spacial score (nSPS) is 15.1. The van der Waals surface area contributed by atoms with E-state index in [1.54, 1.807) is 61.5 Å². The number of non-ortho nitro benzene ring substituents is 1. The Bertz CT molecular complexity index is 2480. The van der Waals surface area contributed by atoms with Gasteiger partial charge in [0.2, 0.25) is 5.78 Å². The third-order valence-electron chi connectivity index (χ3n) is 7.15. The average Bonchev–Trinajstić information content (AvgIpc) is 3.59. The van der Waals surface area contributed by atoms with Gasteiger partial charge in [-0.2, -0.15) is 20.3 Å². The fourth-order valence-corrected chi connectivity index (χ4v) is 5.16. The van der Waals surface area contributed by atoms with E-state index < -0.39 is 59.9 Å². The minimum absolute atomic E-state index is 0. The number of hydrogen-bond acceptors (Lipinski definition) is 18. The standard InChI is InChI=1S/C16H11N5O7S.C16H13N5O4.Cr.2Na/c1-9-14(16(23)20(19-9)10-5-3-2-4-6-10)18-17-12-7-11(21(24)25)8-13(15(12)22)29(26,27)28;1-10-15(16(23)20(19-10)11-5-3-2-4-6-11)18-17-13-9-12(21(24)25)7-8-14(13)22;;;/h2-8H,1H3,(H,26,27,28);2-9,22-23H,1H3;;;/q-2;;+3;2*+1/p-3. The van der Waals surface area contributed by atoms with Crippen molar-refractivity contribution in [1.29, 1.82) is 0 Å². The molecule has 57 heavy (non-hydrogen) atoms. The molecule has 1 amide bonds. The molecule has 0 spiro atoms. The zero-order valence-corrected chi connectivity index (χ0v) is 36.0. The molecule has 1 aliphatic heterocycles. The Kier molecular flexibility index (Phi) is 17.5. The molecule has 25 heteroatoms. The second-order valence-corrected chi connectivity index (χ2v) is 12.1. The van der Waals surface area contributed by atoms with E-state index in [9.17, 15) is 53.3 Å². The first-order valence-corrected chi connectivity index (χ1v) is 16.4. The number of carbonyl (C=O) groups is 2. The number of nitro benzene ring substituents is 1. The minimum atomic E-state index is -5.29. The van der Waals surface area contributed by atoms with Gasteiger partial charge in [0.1, 0.15) is 26.4 Å². The van der Waals surface area contributed by atoms with Crippen molar-refractivity contribution in [3.05, 3.63) is 128 Å². The minimum Gasteiger partial charge on any atom is -0.871 e. The van der Waals surface area contributed by atoms with Gasteiger partial charge in [-0.05, 0) is 50.3 Å². The van der Waals surface area contributed by atoms with Gasteiger partial charge in [0, 0.05) is 23.7 Å². The van der Waals surface area contributed by atoms with Crippen LogP contribution in [0.1, 0.15) is 12.6 Å². The van der Waals surface area contributed by atoms with Gasteiger partial charge in [0.15, 0.2) is 5.71 Å². The molecule has 1 aliphatic carbocycles. The number of rotatable bonds is 8. The number of nitrogens with zero attached hydrogens (tertiary/aromatic N) is 10. The molecular weight excluding hydrogens is 830 g/mol. The maximum absolute atomic E-state index is 12.5. The van der Waals surface area contributed by atoms with Crippen LogP contribution in [-0.4, -0.2) is 61.7 Å². The quantitative estimate of drug-likeness (QED) is 0.0428. The molecule has 21 nitrogen and oxygen atoms in total. The summed E-state index contributed by atoms with van der Waals surface area (Å²) >= 11 is 0. The summed E-state index contributed by atoms with van der Waals surface area (Å²) < 4.78 is 34.8. The van der Waals surface area contributed by atoms with Gasteiger partial charge in [0.05, 0.1) is 33.4 Å². The SMILES string of the molecule is CC1=NN(c2ccccc2)C(=O)C1=NN=C1C=C(N([O-])[O-])C=C(S(=O)(=O)[O-])C1=O.Cc1nn(-c2ccccc2)c([O-])c1N=Nc1cc([N+](=O)[O-])ccc1[O-].[Cr+3].[Na+].[Na+]. The van der Waals surface area contributed by atoms with Crippen LogP contribution in [0.4, 0.5) is 22.7 Å². The summed E-state index contributed by atoms with van der Waals surface area (Å²) in [4.78, 5) is 33.5. The van der Waals surface area contributed by atoms with Gasteiger partial charge in [-0.25, -0.2) is 13.1 Å². The molecule has 2 heterocycles. The molecule has 3 aromatic carbocycles. The molecule has 0 saturated carbocycles. The number of benzene rings is 3. The van der Waals surface area contributed by atoms with E-state index in [-0.39, 0.29) is 105 Å². The zero-order valence-electron chi connectivity index (χ0n) is 29.9. The number of aryl methyl sites for hydroxylation is 1. The van der Waals surface area contributed by atoms with Crippen molar-refractivity contribution in [3.63, 3.8) is 0 Å². The Morgan fingerprint density at radius 1 is 0.842 bits per heavy atom. The zero-order chi connectivity index (χ0) is 39.3. The molecule has 2 aliphatic rings.